The summed E-state index contributed by atoms with van der Waals surface area (Å²) in [7, 11) is 0. The molecule has 0 spiro atoms. The van der Waals surface area contributed by atoms with Gasteiger partial charge in [-0.25, -0.2) is 0 Å². The molecule has 1 aliphatic carbocycles. The largest absolute Gasteiger partial charge is 0.378 e. The van der Waals surface area contributed by atoms with E-state index in [1.807, 2.05) is 0 Å². The van der Waals surface area contributed by atoms with Crippen LogP contribution in [0.3, 0.4) is 0 Å². The van der Waals surface area contributed by atoms with Gasteiger partial charge in [0, 0.05) is 0 Å². The molecule has 1 saturated carbocycles. The van der Waals surface area contributed by atoms with Crippen LogP contribution in [0.5, 0.6) is 0 Å². The van der Waals surface area contributed by atoms with Crippen LogP contribution in [0.2, 0.25) is 0 Å². The monoisotopic (exact) mass is 178 g/mol. The lowest BCUT2D eigenvalue weighted by atomic mass is 10.0. The number of hydrogen-bond donors (Lipinski definition) is 1. The Bertz CT molecular complexity index is 222. The molecule has 1 heteroatoms. The van der Waals surface area contributed by atoms with E-state index < -0.39 is 5.60 Å². The molecule has 0 aromatic rings. The fourth-order valence-corrected chi connectivity index (χ4v) is 1.66. The number of rotatable bonds is 3. The Morgan fingerprint density at radius 2 is 2.15 bits per heavy atom. The predicted molar refractivity (Wildman–Crippen MR) is 55.2 cm³/mol. The Morgan fingerprint density at radius 1 is 1.54 bits per heavy atom. The van der Waals surface area contributed by atoms with Gasteiger partial charge >= 0.3 is 0 Å². The summed E-state index contributed by atoms with van der Waals surface area (Å²) < 4.78 is 0. The quantitative estimate of drug-likeness (QED) is 0.520. The average Bonchev–Trinajstić information content (AvgIpc) is 2.57. The van der Waals surface area contributed by atoms with E-state index in [9.17, 15) is 5.11 Å². The highest BCUT2D eigenvalue weighted by molar-refractivity contribution is 5.09. The van der Waals surface area contributed by atoms with Crippen LogP contribution in [0.15, 0.2) is 11.6 Å². The highest BCUT2D eigenvalue weighted by atomic mass is 16.3. The molecule has 0 heterocycles. The van der Waals surface area contributed by atoms with E-state index in [0.29, 0.717) is 6.42 Å². The Labute approximate surface area is 80.9 Å². The van der Waals surface area contributed by atoms with Gasteiger partial charge < -0.3 is 5.11 Å². The Morgan fingerprint density at radius 3 is 2.69 bits per heavy atom. The molecule has 13 heavy (non-hydrogen) atoms. The van der Waals surface area contributed by atoms with Crippen molar-refractivity contribution in [3.8, 4) is 12.3 Å². The second kappa shape index (κ2) is 4.48. The van der Waals surface area contributed by atoms with Gasteiger partial charge in [-0.1, -0.05) is 17.6 Å². The first-order valence-electron chi connectivity index (χ1n) is 5.02. The van der Waals surface area contributed by atoms with Gasteiger partial charge in [0.1, 0.15) is 5.60 Å². The van der Waals surface area contributed by atoms with Crippen LogP contribution in [0, 0.1) is 12.3 Å². The third kappa shape index (κ3) is 3.65. The van der Waals surface area contributed by atoms with Gasteiger partial charge in [0.15, 0.2) is 0 Å². The van der Waals surface area contributed by atoms with Crippen molar-refractivity contribution in [3.63, 3.8) is 0 Å². The molecule has 1 N–H and O–H groups in total. The first kappa shape index (κ1) is 10.3. The molecule has 0 bridgehead atoms. The van der Waals surface area contributed by atoms with E-state index in [1.165, 1.54) is 25.7 Å². The number of aliphatic hydroxyl groups is 1. The van der Waals surface area contributed by atoms with Crippen molar-refractivity contribution in [2.24, 2.45) is 0 Å². The predicted octanol–water partition coefficient (Wildman–Crippen LogP) is 2.65. The summed E-state index contributed by atoms with van der Waals surface area (Å²) >= 11 is 0. The van der Waals surface area contributed by atoms with Gasteiger partial charge in [-0.15, -0.1) is 6.42 Å². The third-order valence-electron chi connectivity index (χ3n) is 2.62. The molecule has 1 rings (SSSR count). The van der Waals surface area contributed by atoms with Crippen LogP contribution in [-0.2, 0) is 0 Å². The Hall–Kier alpha value is -0.740. The van der Waals surface area contributed by atoms with Crippen molar-refractivity contribution in [1.82, 2.24) is 0 Å². The molecule has 1 fully saturated rings. The molecule has 0 amide bonds. The fraction of sp³-hybridized carbons (Fsp3) is 0.667. The molecule has 1 aliphatic rings. The SMILES string of the molecule is C#CC(C)(O)CCC=C1CCCC1. The zero-order valence-electron chi connectivity index (χ0n) is 8.34. The first-order chi connectivity index (χ1) is 6.14. The number of allylic oxidation sites excluding steroid dienone is 2. The molecule has 72 valence electrons. The van der Waals surface area contributed by atoms with E-state index in [2.05, 4.69) is 12.0 Å². The van der Waals surface area contributed by atoms with Gasteiger partial charge in [0.25, 0.3) is 0 Å². The molecule has 1 nitrogen and oxygen atoms in total. The summed E-state index contributed by atoms with van der Waals surface area (Å²) in [5.74, 6) is 2.39. The standard InChI is InChI=1S/C12H18O/c1-3-12(2,13)10-6-9-11-7-4-5-8-11/h1,9,13H,4-8,10H2,2H3. The lowest BCUT2D eigenvalue weighted by Gasteiger charge is -2.14. The van der Waals surface area contributed by atoms with E-state index in [1.54, 1.807) is 12.5 Å². The zero-order valence-corrected chi connectivity index (χ0v) is 8.34. The van der Waals surface area contributed by atoms with E-state index >= 15 is 0 Å². The fourth-order valence-electron chi connectivity index (χ4n) is 1.66. The summed E-state index contributed by atoms with van der Waals surface area (Å²) in [5.41, 5.74) is 0.628. The van der Waals surface area contributed by atoms with Crippen molar-refractivity contribution in [3.05, 3.63) is 11.6 Å². The van der Waals surface area contributed by atoms with E-state index in [0.717, 1.165) is 6.42 Å². The van der Waals surface area contributed by atoms with Crippen molar-refractivity contribution >= 4 is 0 Å². The van der Waals surface area contributed by atoms with Crippen molar-refractivity contribution in [2.75, 3.05) is 0 Å². The van der Waals surface area contributed by atoms with Gasteiger partial charge in [0.05, 0.1) is 0 Å². The summed E-state index contributed by atoms with van der Waals surface area (Å²) in [6, 6.07) is 0. The van der Waals surface area contributed by atoms with Gasteiger partial charge in [-0.05, 0) is 45.4 Å². The minimum absolute atomic E-state index is 0.674. The van der Waals surface area contributed by atoms with Crippen LogP contribution < -0.4 is 0 Å². The average molecular weight is 178 g/mol. The van der Waals surface area contributed by atoms with Crippen LogP contribution in [0.25, 0.3) is 0 Å². The van der Waals surface area contributed by atoms with E-state index in [4.69, 9.17) is 6.42 Å². The van der Waals surface area contributed by atoms with Crippen molar-refractivity contribution < 1.29 is 5.11 Å². The maximum atomic E-state index is 9.53. The maximum Gasteiger partial charge on any atom is 0.122 e. The minimum Gasteiger partial charge on any atom is -0.378 e. The van der Waals surface area contributed by atoms with Crippen LogP contribution in [-0.4, -0.2) is 10.7 Å². The summed E-state index contributed by atoms with van der Waals surface area (Å²) in [6.07, 6.45) is 14.2. The second-order valence-corrected chi connectivity index (χ2v) is 4.03. The highest BCUT2D eigenvalue weighted by Gasteiger charge is 2.15. The molecular formula is C12H18O. The normalized spacial score (nSPS) is 20.8. The summed E-state index contributed by atoms with van der Waals surface area (Å²) in [4.78, 5) is 0. The Balaban J connectivity index is 2.27. The molecule has 0 aliphatic heterocycles. The molecule has 0 aromatic carbocycles. The lowest BCUT2D eigenvalue weighted by molar-refractivity contribution is 0.113. The molecule has 0 saturated heterocycles. The van der Waals surface area contributed by atoms with Gasteiger partial charge in [-0.2, -0.15) is 0 Å². The zero-order chi connectivity index (χ0) is 9.73. The molecule has 0 aromatic heterocycles. The summed E-state index contributed by atoms with van der Waals surface area (Å²) in [5, 5.41) is 9.53. The van der Waals surface area contributed by atoms with Crippen LogP contribution in [0.1, 0.15) is 45.4 Å². The molecule has 1 atom stereocenters. The topological polar surface area (TPSA) is 20.2 Å². The van der Waals surface area contributed by atoms with Gasteiger partial charge in [0.2, 0.25) is 0 Å². The second-order valence-electron chi connectivity index (χ2n) is 4.03. The maximum absolute atomic E-state index is 9.53. The van der Waals surface area contributed by atoms with E-state index in [-0.39, 0.29) is 0 Å². The first-order valence-corrected chi connectivity index (χ1v) is 5.02. The smallest absolute Gasteiger partial charge is 0.122 e. The minimum atomic E-state index is -0.921. The number of terminal acetylenes is 1. The van der Waals surface area contributed by atoms with Crippen LogP contribution >= 0.6 is 0 Å². The van der Waals surface area contributed by atoms with Crippen molar-refractivity contribution in [1.29, 1.82) is 0 Å². The molecule has 1 unspecified atom stereocenters. The van der Waals surface area contributed by atoms with Gasteiger partial charge in [-0.3, -0.25) is 0 Å². The Kier molecular flexibility index (Phi) is 3.57. The number of hydrogen-bond acceptors (Lipinski definition) is 1. The molecular weight excluding hydrogens is 160 g/mol. The lowest BCUT2D eigenvalue weighted by Crippen LogP contribution is -2.20. The highest BCUT2D eigenvalue weighted by Crippen LogP contribution is 2.25. The summed E-state index contributed by atoms with van der Waals surface area (Å²) in [6.45, 7) is 1.69. The van der Waals surface area contributed by atoms with Crippen molar-refractivity contribution in [2.45, 2.75) is 51.0 Å². The van der Waals surface area contributed by atoms with Crippen LogP contribution in [0.4, 0.5) is 0 Å². The third-order valence-corrected chi connectivity index (χ3v) is 2.62. The molecule has 0 radical (unpaired) electrons.